The molecule has 0 spiro atoms. The van der Waals surface area contributed by atoms with Gasteiger partial charge in [0.1, 0.15) is 6.04 Å². The summed E-state index contributed by atoms with van der Waals surface area (Å²) in [5.41, 5.74) is 0.917. The average molecular weight is 352 g/mol. The lowest BCUT2D eigenvalue weighted by Gasteiger charge is -2.37. The van der Waals surface area contributed by atoms with Crippen molar-refractivity contribution in [2.24, 2.45) is 0 Å². The molecule has 0 saturated carbocycles. The number of halogens is 1. The zero-order valence-corrected chi connectivity index (χ0v) is 14.9. The van der Waals surface area contributed by atoms with Crippen molar-refractivity contribution in [3.63, 3.8) is 0 Å². The minimum atomic E-state index is -0.335. The van der Waals surface area contributed by atoms with Crippen LogP contribution in [-0.2, 0) is 9.59 Å². The van der Waals surface area contributed by atoms with Crippen LogP contribution in [0.4, 0.5) is 5.69 Å². The second-order valence-electron chi connectivity index (χ2n) is 6.49. The van der Waals surface area contributed by atoms with E-state index in [9.17, 15) is 9.59 Å². The fraction of sp³-hybridized carbons (Fsp3) is 0.556. The van der Waals surface area contributed by atoms with E-state index in [-0.39, 0.29) is 36.3 Å². The standard InChI is InChI=1S/C18H25N3O2.ClH/c1-20(17(22)13-14-7-5-11-19-14)16-10-6-12-21(18(16)23)15-8-3-2-4-9-15;/h2-4,8-9,14,16,19H,5-7,10-13H2,1H3;1H. The molecule has 0 radical (unpaired) electrons. The highest BCUT2D eigenvalue weighted by molar-refractivity contribution is 5.99. The predicted octanol–water partition coefficient (Wildman–Crippen LogP) is 2.20. The molecule has 5 nitrogen and oxygen atoms in total. The van der Waals surface area contributed by atoms with Gasteiger partial charge in [0, 0.05) is 31.7 Å². The Kier molecular flexibility index (Phi) is 6.63. The molecule has 3 rings (SSSR count). The first-order valence-electron chi connectivity index (χ1n) is 8.52. The molecule has 2 fully saturated rings. The van der Waals surface area contributed by atoms with Crippen LogP contribution in [0, 0.1) is 0 Å². The van der Waals surface area contributed by atoms with Gasteiger partial charge in [-0.3, -0.25) is 9.59 Å². The normalized spacial score (nSPS) is 23.7. The number of piperidine rings is 1. The van der Waals surface area contributed by atoms with Crippen LogP contribution in [0.15, 0.2) is 30.3 Å². The topological polar surface area (TPSA) is 52.7 Å². The fourth-order valence-corrected chi connectivity index (χ4v) is 3.54. The second-order valence-corrected chi connectivity index (χ2v) is 6.49. The van der Waals surface area contributed by atoms with Crippen molar-refractivity contribution in [2.45, 2.75) is 44.2 Å². The number of likely N-dealkylation sites (N-methyl/N-ethyl adjacent to an activating group) is 1. The Morgan fingerprint density at radius 3 is 2.67 bits per heavy atom. The van der Waals surface area contributed by atoms with Gasteiger partial charge in [-0.25, -0.2) is 0 Å². The molecule has 1 aromatic carbocycles. The van der Waals surface area contributed by atoms with Crippen LogP contribution in [0.3, 0.4) is 0 Å². The number of carbonyl (C=O) groups excluding carboxylic acids is 2. The molecular weight excluding hydrogens is 326 g/mol. The lowest BCUT2D eigenvalue weighted by molar-refractivity contribution is -0.139. The molecule has 24 heavy (non-hydrogen) atoms. The highest BCUT2D eigenvalue weighted by atomic mass is 35.5. The molecule has 2 atom stereocenters. The van der Waals surface area contributed by atoms with Crippen molar-refractivity contribution in [1.29, 1.82) is 0 Å². The van der Waals surface area contributed by atoms with Crippen molar-refractivity contribution in [2.75, 3.05) is 25.0 Å². The second kappa shape index (κ2) is 8.49. The molecule has 2 aliphatic rings. The zero-order valence-electron chi connectivity index (χ0n) is 14.1. The van der Waals surface area contributed by atoms with Crippen molar-refractivity contribution in [1.82, 2.24) is 10.2 Å². The summed E-state index contributed by atoms with van der Waals surface area (Å²) in [5, 5.41) is 3.35. The van der Waals surface area contributed by atoms with Gasteiger partial charge in [-0.1, -0.05) is 18.2 Å². The lowest BCUT2D eigenvalue weighted by atomic mass is 10.0. The van der Waals surface area contributed by atoms with E-state index in [2.05, 4.69) is 5.32 Å². The maximum Gasteiger partial charge on any atom is 0.249 e. The number of hydrogen-bond acceptors (Lipinski definition) is 3. The summed E-state index contributed by atoms with van der Waals surface area (Å²) >= 11 is 0. The summed E-state index contributed by atoms with van der Waals surface area (Å²) in [5.74, 6) is 0.107. The summed E-state index contributed by atoms with van der Waals surface area (Å²) in [6.07, 6.45) is 4.35. The number of anilines is 1. The quantitative estimate of drug-likeness (QED) is 0.904. The van der Waals surface area contributed by atoms with Crippen LogP contribution in [0.5, 0.6) is 0 Å². The van der Waals surface area contributed by atoms with E-state index < -0.39 is 0 Å². The van der Waals surface area contributed by atoms with E-state index in [1.165, 1.54) is 0 Å². The Labute approximate surface area is 149 Å². The highest BCUT2D eigenvalue weighted by Gasteiger charge is 2.35. The maximum absolute atomic E-state index is 12.8. The molecule has 2 unspecified atom stereocenters. The summed E-state index contributed by atoms with van der Waals surface area (Å²) in [4.78, 5) is 28.8. The molecule has 2 aliphatic heterocycles. The summed E-state index contributed by atoms with van der Waals surface area (Å²) in [6.45, 7) is 1.72. The number of benzene rings is 1. The number of para-hydroxylation sites is 1. The zero-order chi connectivity index (χ0) is 16.2. The average Bonchev–Trinajstić information content (AvgIpc) is 3.08. The summed E-state index contributed by atoms with van der Waals surface area (Å²) < 4.78 is 0. The molecule has 132 valence electrons. The number of nitrogens with zero attached hydrogens (tertiary/aromatic N) is 2. The van der Waals surface area contributed by atoms with E-state index in [0.717, 1.165) is 44.5 Å². The largest absolute Gasteiger partial charge is 0.334 e. The Hall–Kier alpha value is -1.59. The number of hydrogen-bond donors (Lipinski definition) is 1. The number of amides is 2. The molecule has 0 aliphatic carbocycles. The van der Waals surface area contributed by atoms with Crippen LogP contribution < -0.4 is 10.2 Å². The van der Waals surface area contributed by atoms with Crippen LogP contribution in [0.2, 0.25) is 0 Å². The maximum atomic E-state index is 12.8. The molecular formula is C18H26ClN3O2. The SMILES string of the molecule is CN(C(=O)CC1CCCN1)C1CCCN(c2ccccc2)C1=O.Cl. The number of rotatable bonds is 4. The molecule has 2 heterocycles. The van der Waals surface area contributed by atoms with Gasteiger partial charge >= 0.3 is 0 Å². The molecule has 0 aromatic heterocycles. The monoisotopic (exact) mass is 351 g/mol. The summed E-state index contributed by atoms with van der Waals surface area (Å²) in [6, 6.07) is 9.65. The van der Waals surface area contributed by atoms with Crippen LogP contribution >= 0.6 is 12.4 Å². The van der Waals surface area contributed by atoms with Gasteiger partial charge in [0.15, 0.2) is 0 Å². The number of carbonyl (C=O) groups is 2. The van der Waals surface area contributed by atoms with Crippen molar-refractivity contribution in [3.8, 4) is 0 Å². The highest BCUT2D eigenvalue weighted by Crippen LogP contribution is 2.23. The Morgan fingerprint density at radius 2 is 2.00 bits per heavy atom. The minimum Gasteiger partial charge on any atom is -0.334 e. The van der Waals surface area contributed by atoms with Gasteiger partial charge in [0.25, 0.3) is 0 Å². The van der Waals surface area contributed by atoms with Gasteiger partial charge in [-0.15, -0.1) is 12.4 Å². The van der Waals surface area contributed by atoms with Crippen LogP contribution in [0.1, 0.15) is 32.1 Å². The van der Waals surface area contributed by atoms with Crippen molar-refractivity contribution >= 4 is 29.9 Å². The third kappa shape index (κ3) is 4.08. The van der Waals surface area contributed by atoms with Gasteiger partial charge < -0.3 is 15.1 Å². The predicted molar refractivity (Wildman–Crippen MR) is 97.5 cm³/mol. The third-order valence-electron chi connectivity index (χ3n) is 4.92. The Bertz CT molecular complexity index is 561. The minimum absolute atomic E-state index is 0. The van der Waals surface area contributed by atoms with Gasteiger partial charge in [0.05, 0.1) is 0 Å². The van der Waals surface area contributed by atoms with Gasteiger partial charge in [-0.05, 0) is 44.4 Å². The molecule has 1 N–H and O–H groups in total. The molecule has 2 saturated heterocycles. The Morgan fingerprint density at radius 1 is 1.25 bits per heavy atom. The van der Waals surface area contributed by atoms with Crippen molar-refractivity contribution < 1.29 is 9.59 Å². The molecule has 2 amide bonds. The van der Waals surface area contributed by atoms with Crippen LogP contribution in [0.25, 0.3) is 0 Å². The van der Waals surface area contributed by atoms with Gasteiger partial charge in [0.2, 0.25) is 11.8 Å². The summed E-state index contributed by atoms with van der Waals surface area (Å²) in [7, 11) is 1.77. The van der Waals surface area contributed by atoms with E-state index in [1.807, 2.05) is 35.2 Å². The fourth-order valence-electron chi connectivity index (χ4n) is 3.54. The first-order chi connectivity index (χ1) is 11.2. The lowest BCUT2D eigenvalue weighted by Crippen LogP contribution is -2.53. The van der Waals surface area contributed by atoms with E-state index in [1.54, 1.807) is 11.9 Å². The smallest absolute Gasteiger partial charge is 0.249 e. The molecule has 0 bridgehead atoms. The van der Waals surface area contributed by atoms with Crippen molar-refractivity contribution in [3.05, 3.63) is 30.3 Å². The van der Waals surface area contributed by atoms with Crippen LogP contribution in [-0.4, -0.2) is 48.9 Å². The first kappa shape index (κ1) is 18.7. The Balaban J connectivity index is 0.00000208. The molecule has 1 aromatic rings. The van der Waals surface area contributed by atoms with E-state index in [0.29, 0.717) is 6.42 Å². The van der Waals surface area contributed by atoms with Gasteiger partial charge in [-0.2, -0.15) is 0 Å². The number of nitrogens with one attached hydrogen (secondary N) is 1. The first-order valence-corrected chi connectivity index (χ1v) is 8.52. The third-order valence-corrected chi connectivity index (χ3v) is 4.92. The van der Waals surface area contributed by atoms with E-state index in [4.69, 9.17) is 0 Å². The molecule has 6 heteroatoms. The van der Waals surface area contributed by atoms with E-state index >= 15 is 0 Å².